The number of benzene rings is 2. The van der Waals surface area contributed by atoms with Gasteiger partial charge in [-0.2, -0.15) is 0 Å². The van der Waals surface area contributed by atoms with Crippen LogP contribution in [0.3, 0.4) is 0 Å². The van der Waals surface area contributed by atoms with Crippen molar-refractivity contribution in [3.05, 3.63) is 93.5 Å². The molecule has 0 N–H and O–H groups in total. The first-order valence-electron chi connectivity index (χ1n) is 10.1. The van der Waals surface area contributed by atoms with Gasteiger partial charge in [0.15, 0.2) is 12.4 Å². The number of ketones is 1. The van der Waals surface area contributed by atoms with Gasteiger partial charge >= 0.3 is 0 Å². The van der Waals surface area contributed by atoms with E-state index < -0.39 is 0 Å². The quantitative estimate of drug-likeness (QED) is 0.522. The van der Waals surface area contributed by atoms with Gasteiger partial charge in [0, 0.05) is 48.5 Å². The van der Waals surface area contributed by atoms with Crippen LogP contribution in [0.5, 0.6) is 5.75 Å². The Balaban J connectivity index is 1.29. The van der Waals surface area contributed by atoms with Crippen LogP contribution in [0.2, 0.25) is 5.02 Å². The van der Waals surface area contributed by atoms with Crippen LogP contribution in [0.15, 0.2) is 76.1 Å². The average molecular weight is 439 g/mol. The normalized spacial score (nSPS) is 14.4. The molecule has 2 aromatic carbocycles. The van der Waals surface area contributed by atoms with Gasteiger partial charge in [0.05, 0.1) is 6.54 Å². The fourth-order valence-corrected chi connectivity index (χ4v) is 3.64. The first-order chi connectivity index (χ1) is 15.1. The average Bonchev–Trinajstić information content (AvgIpc) is 2.80. The molecule has 1 aromatic heterocycles. The molecular formula is C24H23ClN2O4. The van der Waals surface area contributed by atoms with E-state index >= 15 is 0 Å². The number of carbonyl (C=O) groups is 1. The number of hydrogen-bond donors (Lipinski definition) is 0. The van der Waals surface area contributed by atoms with E-state index in [1.165, 1.54) is 18.0 Å². The molecule has 31 heavy (non-hydrogen) atoms. The van der Waals surface area contributed by atoms with Gasteiger partial charge in [0.1, 0.15) is 12.0 Å². The van der Waals surface area contributed by atoms with Crippen molar-refractivity contribution in [1.82, 2.24) is 4.90 Å². The van der Waals surface area contributed by atoms with Crippen LogP contribution in [0.4, 0.5) is 5.69 Å². The number of rotatable bonds is 7. The molecule has 0 unspecified atom stereocenters. The van der Waals surface area contributed by atoms with Crippen molar-refractivity contribution in [2.75, 3.05) is 37.7 Å². The predicted octanol–water partition coefficient (Wildman–Crippen LogP) is 3.88. The number of anilines is 1. The Morgan fingerprint density at radius 2 is 1.71 bits per heavy atom. The Labute approximate surface area is 185 Å². The highest BCUT2D eigenvalue weighted by atomic mass is 35.5. The highest BCUT2D eigenvalue weighted by molar-refractivity contribution is 6.30. The molecule has 1 saturated heterocycles. The lowest BCUT2D eigenvalue weighted by molar-refractivity contribution is 0.0919. The van der Waals surface area contributed by atoms with Crippen LogP contribution < -0.4 is 15.1 Å². The lowest BCUT2D eigenvalue weighted by Gasteiger charge is -2.35. The molecule has 0 aliphatic carbocycles. The van der Waals surface area contributed by atoms with Gasteiger partial charge in [-0.3, -0.25) is 14.5 Å². The Morgan fingerprint density at radius 3 is 2.39 bits per heavy atom. The molecule has 0 radical (unpaired) electrons. The predicted molar refractivity (Wildman–Crippen MR) is 120 cm³/mol. The summed E-state index contributed by atoms with van der Waals surface area (Å²) in [5.74, 6) is 0.367. The molecule has 0 bridgehead atoms. The van der Waals surface area contributed by atoms with Crippen molar-refractivity contribution in [1.29, 1.82) is 0 Å². The second kappa shape index (κ2) is 9.81. The molecule has 7 heteroatoms. The van der Waals surface area contributed by atoms with Gasteiger partial charge in [-0.1, -0.05) is 29.8 Å². The Hall–Kier alpha value is -3.09. The number of piperazine rings is 1. The van der Waals surface area contributed by atoms with E-state index in [2.05, 4.69) is 21.9 Å². The van der Waals surface area contributed by atoms with Crippen molar-refractivity contribution in [2.24, 2.45) is 0 Å². The first kappa shape index (κ1) is 21.2. The van der Waals surface area contributed by atoms with Crippen LogP contribution >= 0.6 is 11.6 Å². The molecule has 1 fully saturated rings. The standard InChI is InChI=1S/C24H23ClN2O4/c25-19-8-6-18(7-9-19)23(29)16-31-24-17-30-21(14-22(24)28)15-26-10-12-27(13-11-26)20-4-2-1-3-5-20/h1-9,14,17H,10-13,15-16H2. The molecule has 3 aromatic rings. The Kier molecular flexibility index (Phi) is 6.70. The van der Waals surface area contributed by atoms with Crippen LogP contribution in [-0.4, -0.2) is 43.5 Å². The first-order valence-corrected chi connectivity index (χ1v) is 10.5. The van der Waals surface area contributed by atoms with Crippen molar-refractivity contribution in [3.63, 3.8) is 0 Å². The molecule has 0 saturated carbocycles. The van der Waals surface area contributed by atoms with Crippen molar-refractivity contribution >= 4 is 23.1 Å². The maximum absolute atomic E-state index is 12.4. The maximum atomic E-state index is 12.4. The largest absolute Gasteiger partial charge is 0.478 e. The van der Waals surface area contributed by atoms with E-state index in [0.29, 0.717) is 22.9 Å². The Morgan fingerprint density at radius 1 is 1.00 bits per heavy atom. The zero-order valence-electron chi connectivity index (χ0n) is 17.0. The molecule has 1 aliphatic rings. The van der Waals surface area contributed by atoms with Gasteiger partial charge in [-0.25, -0.2) is 0 Å². The van der Waals surface area contributed by atoms with Gasteiger partial charge in [-0.15, -0.1) is 0 Å². The van der Waals surface area contributed by atoms with Crippen molar-refractivity contribution in [2.45, 2.75) is 6.54 Å². The minimum absolute atomic E-state index is 0.0277. The smallest absolute Gasteiger partial charge is 0.227 e. The molecule has 2 heterocycles. The maximum Gasteiger partial charge on any atom is 0.227 e. The third-order valence-electron chi connectivity index (χ3n) is 5.25. The van der Waals surface area contributed by atoms with Crippen molar-refractivity contribution < 1.29 is 13.9 Å². The zero-order valence-corrected chi connectivity index (χ0v) is 17.8. The van der Waals surface area contributed by atoms with Crippen LogP contribution in [0.1, 0.15) is 16.1 Å². The fraction of sp³-hybridized carbons (Fsp3) is 0.250. The van der Waals surface area contributed by atoms with Gasteiger partial charge in [0.25, 0.3) is 0 Å². The second-order valence-corrected chi connectivity index (χ2v) is 7.83. The summed E-state index contributed by atoms with van der Waals surface area (Å²) in [5.41, 5.74) is 1.40. The van der Waals surface area contributed by atoms with E-state index in [4.69, 9.17) is 20.8 Å². The number of halogens is 1. The number of ether oxygens (including phenoxy) is 1. The summed E-state index contributed by atoms with van der Waals surface area (Å²) >= 11 is 5.83. The molecule has 0 spiro atoms. The Bertz CT molecular complexity index is 1070. The number of Topliss-reactive ketones (excluding diaryl/α,β-unsaturated/α-hetero) is 1. The molecule has 6 nitrogen and oxygen atoms in total. The fourth-order valence-electron chi connectivity index (χ4n) is 3.51. The zero-order chi connectivity index (χ0) is 21.6. The molecule has 0 amide bonds. The summed E-state index contributed by atoms with van der Waals surface area (Å²) in [7, 11) is 0. The second-order valence-electron chi connectivity index (χ2n) is 7.39. The minimum atomic E-state index is -0.298. The highest BCUT2D eigenvalue weighted by Crippen LogP contribution is 2.17. The molecule has 0 atom stereocenters. The number of para-hydroxylation sites is 1. The summed E-state index contributed by atoms with van der Waals surface area (Å²) in [5, 5.41) is 0.551. The highest BCUT2D eigenvalue weighted by Gasteiger charge is 2.18. The summed E-state index contributed by atoms with van der Waals surface area (Å²) < 4.78 is 11.0. The third kappa shape index (κ3) is 5.54. The summed E-state index contributed by atoms with van der Waals surface area (Å²) in [6, 6.07) is 18.3. The van der Waals surface area contributed by atoms with E-state index in [-0.39, 0.29) is 23.6 Å². The van der Waals surface area contributed by atoms with E-state index in [1.807, 2.05) is 18.2 Å². The summed E-state index contributed by atoms with van der Waals surface area (Å²) in [4.78, 5) is 29.2. The summed E-state index contributed by atoms with van der Waals surface area (Å²) in [6.07, 6.45) is 1.28. The molecular weight excluding hydrogens is 416 g/mol. The topological polar surface area (TPSA) is 63.0 Å². The van der Waals surface area contributed by atoms with E-state index in [1.54, 1.807) is 24.3 Å². The minimum Gasteiger partial charge on any atom is -0.478 e. The molecule has 160 valence electrons. The van der Waals surface area contributed by atoms with Gasteiger partial charge in [0.2, 0.25) is 11.2 Å². The summed E-state index contributed by atoms with van der Waals surface area (Å²) in [6.45, 7) is 3.92. The monoisotopic (exact) mass is 438 g/mol. The van der Waals surface area contributed by atoms with Gasteiger partial charge < -0.3 is 14.1 Å². The number of nitrogens with zero attached hydrogens (tertiary/aromatic N) is 2. The van der Waals surface area contributed by atoms with Crippen molar-refractivity contribution in [3.8, 4) is 5.75 Å². The van der Waals surface area contributed by atoms with Gasteiger partial charge in [-0.05, 0) is 36.4 Å². The SMILES string of the molecule is O=C(COc1coc(CN2CCN(c3ccccc3)CC2)cc1=O)c1ccc(Cl)cc1. The van der Waals surface area contributed by atoms with Crippen LogP contribution in [0.25, 0.3) is 0 Å². The lowest BCUT2D eigenvalue weighted by atomic mass is 10.1. The van der Waals surface area contributed by atoms with E-state index in [0.717, 1.165) is 26.2 Å². The number of carbonyl (C=O) groups excluding carboxylic acids is 1. The van der Waals surface area contributed by atoms with E-state index in [9.17, 15) is 9.59 Å². The van der Waals surface area contributed by atoms with Crippen LogP contribution in [-0.2, 0) is 6.54 Å². The third-order valence-corrected chi connectivity index (χ3v) is 5.50. The molecule has 4 rings (SSSR count). The number of hydrogen-bond acceptors (Lipinski definition) is 6. The lowest BCUT2D eigenvalue weighted by Crippen LogP contribution is -2.46. The molecule has 1 aliphatic heterocycles. The van der Waals surface area contributed by atoms with Crippen LogP contribution in [0, 0.1) is 0 Å².